The van der Waals surface area contributed by atoms with Crippen LogP contribution < -0.4 is 10.9 Å². The first kappa shape index (κ1) is 17.1. The van der Waals surface area contributed by atoms with Gasteiger partial charge in [-0.3, -0.25) is 9.59 Å². The van der Waals surface area contributed by atoms with Gasteiger partial charge in [-0.25, -0.2) is 9.48 Å². The van der Waals surface area contributed by atoms with Gasteiger partial charge in [0.2, 0.25) is 5.91 Å². The van der Waals surface area contributed by atoms with Crippen LogP contribution >= 0.6 is 0 Å². The fourth-order valence-corrected chi connectivity index (χ4v) is 3.33. The van der Waals surface area contributed by atoms with Crippen LogP contribution in [0.3, 0.4) is 0 Å². The van der Waals surface area contributed by atoms with Crippen LogP contribution in [0.1, 0.15) is 32.6 Å². The molecule has 2 aromatic rings. The molecule has 25 heavy (non-hydrogen) atoms. The maximum atomic E-state index is 12.4. The Kier molecular flexibility index (Phi) is 4.57. The second-order valence-corrected chi connectivity index (χ2v) is 6.81. The number of carboxylic acids is 1. The summed E-state index contributed by atoms with van der Waals surface area (Å²) in [6.07, 6.45) is 3.82. The number of carbonyl (C=O) groups excluding carboxylic acids is 1. The van der Waals surface area contributed by atoms with E-state index >= 15 is 0 Å². The van der Waals surface area contributed by atoms with Crippen molar-refractivity contribution in [1.82, 2.24) is 15.1 Å². The first-order valence-electron chi connectivity index (χ1n) is 8.40. The SMILES string of the molecule is CC1CCC(NC(=O)Cn2ncc3ccccc3c2=O)(C(=O)O)CC1. The lowest BCUT2D eigenvalue weighted by molar-refractivity contribution is -0.149. The third-order valence-corrected chi connectivity index (χ3v) is 4.97. The van der Waals surface area contributed by atoms with Crippen molar-refractivity contribution in [2.24, 2.45) is 5.92 Å². The van der Waals surface area contributed by atoms with Crippen LogP contribution in [0.5, 0.6) is 0 Å². The summed E-state index contributed by atoms with van der Waals surface area (Å²) in [7, 11) is 0. The van der Waals surface area contributed by atoms with Gasteiger partial charge in [0.1, 0.15) is 12.1 Å². The highest BCUT2D eigenvalue weighted by molar-refractivity contribution is 5.87. The maximum Gasteiger partial charge on any atom is 0.329 e. The van der Waals surface area contributed by atoms with Gasteiger partial charge in [-0.2, -0.15) is 5.10 Å². The lowest BCUT2D eigenvalue weighted by Gasteiger charge is -2.36. The number of carboxylic acid groups (broad SMARTS) is 1. The minimum Gasteiger partial charge on any atom is -0.480 e. The summed E-state index contributed by atoms with van der Waals surface area (Å²) in [6, 6.07) is 7.00. The van der Waals surface area contributed by atoms with Crippen molar-refractivity contribution in [2.75, 3.05) is 0 Å². The monoisotopic (exact) mass is 343 g/mol. The summed E-state index contributed by atoms with van der Waals surface area (Å²) < 4.78 is 1.07. The second kappa shape index (κ2) is 6.66. The highest BCUT2D eigenvalue weighted by atomic mass is 16.4. The zero-order chi connectivity index (χ0) is 18.0. The van der Waals surface area contributed by atoms with Gasteiger partial charge in [-0.1, -0.05) is 25.1 Å². The van der Waals surface area contributed by atoms with E-state index in [0.29, 0.717) is 29.5 Å². The summed E-state index contributed by atoms with van der Waals surface area (Å²) in [5.41, 5.74) is -1.61. The Balaban J connectivity index is 1.79. The number of benzene rings is 1. The molecule has 0 atom stereocenters. The van der Waals surface area contributed by atoms with Crippen LogP contribution in [-0.2, 0) is 16.1 Å². The largest absolute Gasteiger partial charge is 0.480 e. The molecule has 7 heteroatoms. The highest BCUT2D eigenvalue weighted by Gasteiger charge is 2.42. The molecule has 1 amide bonds. The summed E-state index contributed by atoms with van der Waals surface area (Å²) >= 11 is 0. The molecular formula is C18H21N3O4. The fraction of sp³-hybridized carbons (Fsp3) is 0.444. The Morgan fingerprint density at radius 1 is 1.32 bits per heavy atom. The predicted octanol–water partition coefficient (Wildman–Crippen LogP) is 1.55. The number of hydrogen-bond donors (Lipinski definition) is 2. The number of aliphatic carboxylic acids is 1. The first-order chi connectivity index (χ1) is 11.9. The summed E-state index contributed by atoms with van der Waals surface area (Å²) in [5.74, 6) is -1.08. The van der Waals surface area contributed by atoms with Crippen LogP contribution in [0, 0.1) is 5.92 Å². The normalized spacial score (nSPS) is 23.3. The number of nitrogens with one attached hydrogen (secondary N) is 1. The Labute approximate surface area is 144 Å². The van der Waals surface area contributed by atoms with Crippen molar-refractivity contribution >= 4 is 22.6 Å². The van der Waals surface area contributed by atoms with Gasteiger partial charge in [0.25, 0.3) is 5.56 Å². The molecule has 3 rings (SSSR count). The Morgan fingerprint density at radius 3 is 2.68 bits per heavy atom. The number of carbonyl (C=O) groups is 2. The molecule has 0 saturated heterocycles. The number of fused-ring (bicyclic) bond motifs is 1. The molecule has 1 aliphatic rings. The lowest BCUT2D eigenvalue weighted by Crippen LogP contribution is -2.57. The third kappa shape index (κ3) is 3.40. The van der Waals surface area contributed by atoms with Gasteiger partial charge in [0.15, 0.2) is 0 Å². The first-order valence-corrected chi connectivity index (χ1v) is 8.40. The lowest BCUT2D eigenvalue weighted by atomic mass is 9.77. The molecule has 0 spiro atoms. The molecule has 1 heterocycles. The van der Waals surface area contributed by atoms with E-state index in [1.54, 1.807) is 24.3 Å². The van der Waals surface area contributed by atoms with Crippen molar-refractivity contribution in [3.05, 3.63) is 40.8 Å². The molecule has 1 saturated carbocycles. The number of nitrogens with zero attached hydrogens (tertiary/aromatic N) is 2. The molecule has 1 aromatic carbocycles. The number of amides is 1. The standard InChI is InChI=1S/C18H21N3O4/c1-12-6-8-18(9-7-12,17(24)25)20-15(22)11-21-16(23)14-5-3-2-4-13(14)10-19-21/h2-5,10,12H,6-9,11H2,1H3,(H,20,22)(H,24,25). The zero-order valence-corrected chi connectivity index (χ0v) is 14.1. The van der Waals surface area contributed by atoms with Crippen LogP contribution in [0.2, 0.25) is 0 Å². The van der Waals surface area contributed by atoms with Crippen LogP contribution in [0.4, 0.5) is 0 Å². The number of aromatic nitrogens is 2. The van der Waals surface area contributed by atoms with Crippen molar-refractivity contribution in [1.29, 1.82) is 0 Å². The van der Waals surface area contributed by atoms with Gasteiger partial charge in [-0.05, 0) is 37.7 Å². The smallest absolute Gasteiger partial charge is 0.329 e. The number of rotatable bonds is 4. The van der Waals surface area contributed by atoms with Crippen LogP contribution in [-0.4, -0.2) is 32.3 Å². The van der Waals surface area contributed by atoms with Crippen molar-refractivity contribution in [3.8, 4) is 0 Å². The maximum absolute atomic E-state index is 12.4. The van der Waals surface area contributed by atoms with Gasteiger partial charge >= 0.3 is 5.97 Å². The average Bonchev–Trinajstić information content (AvgIpc) is 2.59. The third-order valence-electron chi connectivity index (χ3n) is 4.97. The summed E-state index contributed by atoms with van der Waals surface area (Å²) in [4.78, 5) is 36.5. The van der Waals surface area contributed by atoms with Crippen LogP contribution in [0.15, 0.2) is 35.3 Å². The molecule has 2 N–H and O–H groups in total. The van der Waals surface area contributed by atoms with E-state index in [1.807, 2.05) is 0 Å². The molecule has 1 aromatic heterocycles. The van der Waals surface area contributed by atoms with Crippen LogP contribution in [0.25, 0.3) is 10.8 Å². The summed E-state index contributed by atoms with van der Waals surface area (Å²) in [6.45, 7) is 1.78. The second-order valence-electron chi connectivity index (χ2n) is 6.81. The highest BCUT2D eigenvalue weighted by Crippen LogP contribution is 2.32. The Bertz CT molecular complexity index is 866. The Morgan fingerprint density at radius 2 is 2.00 bits per heavy atom. The van der Waals surface area contributed by atoms with E-state index in [0.717, 1.165) is 17.5 Å². The van der Waals surface area contributed by atoms with E-state index in [1.165, 1.54) is 6.20 Å². The molecule has 0 unspecified atom stereocenters. The molecule has 0 bridgehead atoms. The summed E-state index contributed by atoms with van der Waals surface area (Å²) in [5, 5.41) is 17.4. The van der Waals surface area contributed by atoms with Crippen molar-refractivity contribution < 1.29 is 14.7 Å². The molecule has 132 valence electrons. The van der Waals surface area contributed by atoms with E-state index in [2.05, 4.69) is 17.3 Å². The van der Waals surface area contributed by atoms with Gasteiger partial charge in [0, 0.05) is 5.39 Å². The van der Waals surface area contributed by atoms with E-state index in [9.17, 15) is 19.5 Å². The average molecular weight is 343 g/mol. The van der Waals surface area contributed by atoms with E-state index in [-0.39, 0.29) is 12.1 Å². The van der Waals surface area contributed by atoms with Gasteiger partial charge in [0.05, 0.1) is 11.6 Å². The molecular weight excluding hydrogens is 322 g/mol. The zero-order valence-electron chi connectivity index (χ0n) is 14.1. The predicted molar refractivity (Wildman–Crippen MR) is 92.1 cm³/mol. The minimum absolute atomic E-state index is 0.297. The van der Waals surface area contributed by atoms with Gasteiger partial charge < -0.3 is 10.4 Å². The fourth-order valence-electron chi connectivity index (χ4n) is 3.33. The van der Waals surface area contributed by atoms with Crippen molar-refractivity contribution in [2.45, 2.75) is 44.7 Å². The molecule has 1 fully saturated rings. The van der Waals surface area contributed by atoms with E-state index < -0.39 is 17.4 Å². The molecule has 7 nitrogen and oxygen atoms in total. The quantitative estimate of drug-likeness (QED) is 0.877. The van der Waals surface area contributed by atoms with Gasteiger partial charge in [-0.15, -0.1) is 0 Å². The number of hydrogen-bond acceptors (Lipinski definition) is 4. The molecule has 0 aliphatic heterocycles. The molecule has 1 aliphatic carbocycles. The van der Waals surface area contributed by atoms with E-state index in [4.69, 9.17) is 0 Å². The Hall–Kier alpha value is -2.70. The topological polar surface area (TPSA) is 101 Å². The molecule has 0 radical (unpaired) electrons. The minimum atomic E-state index is -1.25. The van der Waals surface area contributed by atoms with Crippen molar-refractivity contribution in [3.63, 3.8) is 0 Å².